The van der Waals surface area contributed by atoms with Gasteiger partial charge in [-0.1, -0.05) is 0 Å². The summed E-state index contributed by atoms with van der Waals surface area (Å²) in [5.74, 6) is 0. The number of hydrogen-bond acceptors (Lipinski definition) is 5. The van der Waals surface area contributed by atoms with Crippen LogP contribution in [-0.2, 0) is 16.0 Å². The lowest BCUT2D eigenvalue weighted by atomic mass is 10.4. The molecular weight excluding hydrogens is 224 g/mol. The van der Waals surface area contributed by atoms with Gasteiger partial charge in [-0.25, -0.2) is 4.98 Å². The van der Waals surface area contributed by atoms with Crippen LogP contribution in [0.1, 0.15) is 24.5 Å². The van der Waals surface area contributed by atoms with Gasteiger partial charge in [-0.3, -0.25) is 0 Å². The Bertz CT molecular complexity index is 285. The molecule has 0 aliphatic carbocycles. The van der Waals surface area contributed by atoms with Gasteiger partial charge < -0.3 is 14.8 Å². The lowest BCUT2D eigenvalue weighted by Crippen LogP contribution is -2.31. The first-order valence-corrected chi connectivity index (χ1v) is 6.49. The molecule has 0 saturated heterocycles. The second-order valence-corrected chi connectivity index (χ2v) is 4.39. The highest BCUT2D eigenvalue weighted by Gasteiger charge is 2.07. The van der Waals surface area contributed by atoms with Gasteiger partial charge in [0.2, 0.25) is 0 Å². The van der Waals surface area contributed by atoms with Gasteiger partial charge in [-0.15, -0.1) is 11.3 Å². The molecule has 0 atom stereocenters. The molecular formula is C11H20N2O2S. The largest absolute Gasteiger partial charge is 0.352 e. The van der Waals surface area contributed by atoms with E-state index in [0.717, 1.165) is 17.2 Å². The molecule has 16 heavy (non-hydrogen) atoms. The summed E-state index contributed by atoms with van der Waals surface area (Å²) in [5, 5.41) is 6.45. The molecule has 0 bridgehead atoms. The van der Waals surface area contributed by atoms with Gasteiger partial charge in [0.05, 0.1) is 10.7 Å². The molecule has 1 aromatic heterocycles. The highest BCUT2D eigenvalue weighted by molar-refractivity contribution is 7.09. The van der Waals surface area contributed by atoms with Crippen molar-refractivity contribution in [3.8, 4) is 0 Å². The summed E-state index contributed by atoms with van der Waals surface area (Å²) in [6.07, 6.45) is -0.158. The Hall–Kier alpha value is -0.490. The van der Waals surface area contributed by atoms with Crippen LogP contribution in [0.4, 0.5) is 0 Å². The van der Waals surface area contributed by atoms with Crippen molar-refractivity contribution < 1.29 is 9.47 Å². The Morgan fingerprint density at radius 3 is 2.56 bits per heavy atom. The standard InChI is InChI=1S/C11H20N2O2S/c1-4-14-11(15-5-2)7-12-6-10-8-16-9(3)13-10/h8,11-12H,4-7H2,1-3H3. The highest BCUT2D eigenvalue weighted by Crippen LogP contribution is 2.07. The van der Waals surface area contributed by atoms with E-state index in [0.29, 0.717) is 19.8 Å². The van der Waals surface area contributed by atoms with E-state index < -0.39 is 0 Å². The van der Waals surface area contributed by atoms with Crippen molar-refractivity contribution in [1.82, 2.24) is 10.3 Å². The average Bonchev–Trinajstić information content (AvgIpc) is 2.65. The number of nitrogens with one attached hydrogen (secondary N) is 1. The number of nitrogens with zero attached hydrogens (tertiary/aromatic N) is 1. The van der Waals surface area contributed by atoms with Crippen molar-refractivity contribution >= 4 is 11.3 Å². The topological polar surface area (TPSA) is 43.4 Å². The minimum Gasteiger partial charge on any atom is -0.352 e. The minimum atomic E-state index is -0.158. The second kappa shape index (κ2) is 7.73. The van der Waals surface area contributed by atoms with E-state index in [9.17, 15) is 0 Å². The first-order chi connectivity index (χ1) is 7.76. The molecule has 1 heterocycles. The third-order valence-electron chi connectivity index (χ3n) is 1.99. The van der Waals surface area contributed by atoms with Gasteiger partial charge in [0, 0.05) is 31.7 Å². The van der Waals surface area contributed by atoms with Crippen molar-refractivity contribution in [2.45, 2.75) is 33.6 Å². The molecule has 0 aromatic carbocycles. The monoisotopic (exact) mass is 244 g/mol. The van der Waals surface area contributed by atoms with Crippen LogP contribution in [0.15, 0.2) is 5.38 Å². The summed E-state index contributed by atoms with van der Waals surface area (Å²) >= 11 is 1.67. The van der Waals surface area contributed by atoms with Gasteiger partial charge in [0.1, 0.15) is 0 Å². The summed E-state index contributed by atoms with van der Waals surface area (Å²) in [7, 11) is 0. The van der Waals surface area contributed by atoms with Crippen molar-refractivity contribution in [1.29, 1.82) is 0 Å². The van der Waals surface area contributed by atoms with Crippen LogP contribution >= 0.6 is 11.3 Å². The molecule has 0 fully saturated rings. The molecule has 1 aromatic rings. The maximum absolute atomic E-state index is 5.42. The zero-order chi connectivity index (χ0) is 11.8. The second-order valence-electron chi connectivity index (χ2n) is 3.33. The van der Waals surface area contributed by atoms with Gasteiger partial charge in [0.15, 0.2) is 6.29 Å². The number of ether oxygens (including phenoxy) is 2. The molecule has 0 radical (unpaired) electrons. The number of aromatic nitrogens is 1. The molecule has 5 heteroatoms. The smallest absolute Gasteiger partial charge is 0.169 e. The maximum Gasteiger partial charge on any atom is 0.169 e. The normalized spacial score (nSPS) is 11.2. The SMILES string of the molecule is CCOC(CNCc1csc(C)n1)OCC. The summed E-state index contributed by atoms with van der Waals surface area (Å²) in [4.78, 5) is 4.37. The average molecular weight is 244 g/mol. The van der Waals surface area contributed by atoms with Crippen molar-refractivity contribution in [2.24, 2.45) is 0 Å². The maximum atomic E-state index is 5.42. The molecule has 0 aliphatic rings. The molecule has 0 spiro atoms. The minimum absolute atomic E-state index is 0.158. The molecule has 92 valence electrons. The molecule has 0 amide bonds. The van der Waals surface area contributed by atoms with Crippen LogP contribution in [0.5, 0.6) is 0 Å². The van der Waals surface area contributed by atoms with Gasteiger partial charge in [-0.2, -0.15) is 0 Å². The first kappa shape index (κ1) is 13.6. The summed E-state index contributed by atoms with van der Waals surface area (Å²) < 4.78 is 10.8. The van der Waals surface area contributed by atoms with Gasteiger partial charge in [-0.05, 0) is 20.8 Å². The van der Waals surface area contributed by atoms with E-state index in [4.69, 9.17) is 9.47 Å². The third-order valence-corrected chi connectivity index (χ3v) is 2.81. The van der Waals surface area contributed by atoms with Crippen LogP contribution in [0, 0.1) is 6.92 Å². The lowest BCUT2D eigenvalue weighted by molar-refractivity contribution is -0.133. The molecule has 4 nitrogen and oxygen atoms in total. The lowest BCUT2D eigenvalue weighted by Gasteiger charge is -2.16. The molecule has 1 rings (SSSR count). The Morgan fingerprint density at radius 1 is 1.38 bits per heavy atom. The fourth-order valence-corrected chi connectivity index (χ4v) is 1.96. The number of hydrogen-bond donors (Lipinski definition) is 1. The van der Waals surface area contributed by atoms with Crippen molar-refractivity contribution in [3.05, 3.63) is 16.1 Å². The van der Waals surface area contributed by atoms with Crippen LogP contribution in [0.25, 0.3) is 0 Å². The Labute approximate surface area is 101 Å². The van der Waals surface area contributed by atoms with Crippen molar-refractivity contribution in [2.75, 3.05) is 19.8 Å². The van der Waals surface area contributed by atoms with Crippen LogP contribution in [-0.4, -0.2) is 31.0 Å². The summed E-state index contributed by atoms with van der Waals surface area (Å²) in [6.45, 7) is 8.74. The highest BCUT2D eigenvalue weighted by atomic mass is 32.1. The van der Waals surface area contributed by atoms with Crippen LogP contribution in [0.2, 0.25) is 0 Å². The van der Waals surface area contributed by atoms with Crippen LogP contribution < -0.4 is 5.32 Å². The van der Waals surface area contributed by atoms with E-state index in [2.05, 4.69) is 15.7 Å². The van der Waals surface area contributed by atoms with E-state index >= 15 is 0 Å². The predicted octanol–water partition coefficient (Wildman–Crippen LogP) is 1.94. The zero-order valence-corrected chi connectivity index (χ0v) is 11.0. The third kappa shape index (κ3) is 5.03. The Kier molecular flexibility index (Phi) is 6.56. The van der Waals surface area contributed by atoms with Crippen molar-refractivity contribution in [3.63, 3.8) is 0 Å². The number of aryl methyl sites for hydroxylation is 1. The number of rotatable bonds is 8. The molecule has 0 aliphatic heterocycles. The first-order valence-electron chi connectivity index (χ1n) is 5.61. The molecule has 0 unspecified atom stereocenters. The Balaban J connectivity index is 2.21. The van der Waals surface area contributed by atoms with Gasteiger partial charge >= 0.3 is 0 Å². The van der Waals surface area contributed by atoms with Crippen LogP contribution in [0.3, 0.4) is 0 Å². The van der Waals surface area contributed by atoms with E-state index in [1.807, 2.05) is 20.8 Å². The van der Waals surface area contributed by atoms with E-state index in [1.54, 1.807) is 11.3 Å². The number of thiazole rings is 1. The summed E-state index contributed by atoms with van der Waals surface area (Å²) in [5.41, 5.74) is 1.08. The fraction of sp³-hybridized carbons (Fsp3) is 0.727. The van der Waals surface area contributed by atoms with E-state index in [1.165, 1.54) is 0 Å². The quantitative estimate of drug-likeness (QED) is 0.710. The predicted molar refractivity (Wildman–Crippen MR) is 65.6 cm³/mol. The van der Waals surface area contributed by atoms with Gasteiger partial charge in [0.25, 0.3) is 0 Å². The molecule has 0 saturated carbocycles. The van der Waals surface area contributed by atoms with E-state index in [-0.39, 0.29) is 6.29 Å². The zero-order valence-electron chi connectivity index (χ0n) is 10.2. The summed E-state index contributed by atoms with van der Waals surface area (Å²) in [6, 6.07) is 0. The fourth-order valence-electron chi connectivity index (χ4n) is 1.35. The Morgan fingerprint density at radius 2 is 2.06 bits per heavy atom. The molecule has 1 N–H and O–H groups in total.